The van der Waals surface area contributed by atoms with Crippen LogP contribution in [0.25, 0.3) is 10.7 Å². The first-order valence-electron chi connectivity index (χ1n) is 10.7. The van der Waals surface area contributed by atoms with Crippen LogP contribution in [0.3, 0.4) is 0 Å². The SMILES string of the molecule is COc1ccc(C2C(C(=O)Nc3ccccc3)=C(C)Nc3nc(-c4cccs4)nn32)cc1OC. The van der Waals surface area contributed by atoms with Crippen LogP contribution in [-0.2, 0) is 4.79 Å². The molecule has 34 heavy (non-hydrogen) atoms. The molecule has 2 aromatic carbocycles. The second kappa shape index (κ2) is 9.03. The zero-order valence-corrected chi connectivity index (χ0v) is 19.7. The topological polar surface area (TPSA) is 90.3 Å². The lowest BCUT2D eigenvalue weighted by Gasteiger charge is -2.29. The number of nitrogens with one attached hydrogen (secondary N) is 2. The van der Waals surface area contributed by atoms with Crippen LogP contribution in [0.2, 0.25) is 0 Å². The number of para-hydroxylation sites is 1. The standard InChI is InChI=1S/C25H23N5O3S/c1-15-21(24(31)27-17-8-5-4-6-9-17)22(16-11-12-18(32-2)19(14-16)33-3)30-25(26-15)28-23(29-30)20-10-7-13-34-20/h4-14,22H,1-3H3,(H,27,31)(H,26,28,29). The molecule has 0 fully saturated rings. The van der Waals surface area contributed by atoms with Crippen molar-refractivity contribution in [1.29, 1.82) is 0 Å². The van der Waals surface area contributed by atoms with E-state index in [0.717, 1.165) is 10.4 Å². The molecule has 2 aromatic heterocycles. The van der Waals surface area contributed by atoms with Crippen LogP contribution in [0.4, 0.5) is 11.6 Å². The van der Waals surface area contributed by atoms with Crippen LogP contribution in [0.1, 0.15) is 18.5 Å². The number of carbonyl (C=O) groups excluding carboxylic acids is 1. The van der Waals surface area contributed by atoms with Gasteiger partial charge >= 0.3 is 0 Å². The van der Waals surface area contributed by atoms with Gasteiger partial charge in [-0.05, 0) is 48.2 Å². The lowest BCUT2D eigenvalue weighted by molar-refractivity contribution is -0.113. The number of methoxy groups -OCH3 is 2. The van der Waals surface area contributed by atoms with Crippen molar-refractivity contribution in [2.24, 2.45) is 0 Å². The summed E-state index contributed by atoms with van der Waals surface area (Å²) in [4.78, 5) is 19.2. The molecule has 1 aliphatic rings. The highest BCUT2D eigenvalue weighted by molar-refractivity contribution is 7.13. The van der Waals surface area contributed by atoms with Gasteiger partial charge in [0.05, 0.1) is 24.7 Å². The zero-order chi connectivity index (χ0) is 23.7. The largest absolute Gasteiger partial charge is 0.493 e. The molecule has 172 valence electrons. The van der Waals surface area contributed by atoms with Crippen molar-refractivity contribution < 1.29 is 14.3 Å². The van der Waals surface area contributed by atoms with Crippen LogP contribution in [-0.4, -0.2) is 34.9 Å². The highest BCUT2D eigenvalue weighted by Gasteiger charge is 2.35. The fourth-order valence-corrected chi connectivity index (χ4v) is 4.66. The maximum absolute atomic E-state index is 13.6. The van der Waals surface area contributed by atoms with Crippen LogP contribution >= 0.6 is 11.3 Å². The minimum Gasteiger partial charge on any atom is -0.493 e. The number of hydrogen-bond donors (Lipinski definition) is 2. The first kappa shape index (κ1) is 21.7. The summed E-state index contributed by atoms with van der Waals surface area (Å²) in [6.07, 6.45) is 0. The number of thiophene rings is 1. The van der Waals surface area contributed by atoms with E-state index in [1.54, 1.807) is 30.2 Å². The van der Waals surface area contributed by atoms with E-state index in [4.69, 9.17) is 19.6 Å². The van der Waals surface area contributed by atoms with Crippen LogP contribution in [0.5, 0.6) is 11.5 Å². The van der Waals surface area contributed by atoms with Gasteiger partial charge in [-0.3, -0.25) is 4.79 Å². The predicted molar refractivity (Wildman–Crippen MR) is 132 cm³/mol. The van der Waals surface area contributed by atoms with Gasteiger partial charge in [0.25, 0.3) is 5.91 Å². The minimum absolute atomic E-state index is 0.227. The monoisotopic (exact) mass is 473 g/mol. The number of nitrogens with zero attached hydrogens (tertiary/aromatic N) is 3. The molecule has 1 atom stereocenters. The Morgan fingerprint density at radius 1 is 1.06 bits per heavy atom. The summed E-state index contributed by atoms with van der Waals surface area (Å²) in [6, 6.07) is 18.4. The summed E-state index contributed by atoms with van der Waals surface area (Å²) in [5, 5.41) is 13.0. The maximum atomic E-state index is 13.6. The van der Waals surface area contributed by atoms with Crippen molar-refractivity contribution in [2.45, 2.75) is 13.0 Å². The molecule has 0 spiro atoms. The Balaban J connectivity index is 1.63. The number of aromatic nitrogens is 3. The van der Waals surface area contributed by atoms with Crippen molar-refractivity contribution >= 4 is 28.9 Å². The molecule has 9 heteroatoms. The number of ether oxygens (including phenoxy) is 2. The van der Waals surface area contributed by atoms with Gasteiger partial charge in [0.1, 0.15) is 6.04 Å². The molecule has 0 saturated carbocycles. The average molecular weight is 474 g/mol. The van der Waals surface area contributed by atoms with Crippen molar-refractivity contribution in [2.75, 3.05) is 24.9 Å². The van der Waals surface area contributed by atoms with E-state index in [1.807, 2.05) is 73.0 Å². The van der Waals surface area contributed by atoms with Crippen LogP contribution in [0.15, 0.2) is 77.3 Å². The molecule has 4 aromatic rings. The number of amides is 1. The molecule has 1 amide bonds. The second-order valence-corrected chi connectivity index (χ2v) is 8.63. The van der Waals surface area contributed by atoms with Gasteiger partial charge < -0.3 is 20.1 Å². The molecule has 0 bridgehead atoms. The Kier molecular flexibility index (Phi) is 5.77. The first-order chi connectivity index (χ1) is 16.6. The molecule has 0 saturated heterocycles. The van der Waals surface area contributed by atoms with Gasteiger partial charge in [-0.25, -0.2) is 4.68 Å². The molecule has 8 nitrogen and oxygen atoms in total. The van der Waals surface area contributed by atoms with E-state index < -0.39 is 6.04 Å². The molecular formula is C25H23N5O3S. The molecule has 0 aliphatic carbocycles. The Labute approximate surface area is 200 Å². The van der Waals surface area contributed by atoms with Gasteiger partial charge in [0, 0.05) is 11.4 Å². The van der Waals surface area contributed by atoms with E-state index >= 15 is 0 Å². The first-order valence-corrected chi connectivity index (χ1v) is 11.5. The van der Waals surface area contributed by atoms with E-state index in [9.17, 15) is 4.79 Å². The number of allylic oxidation sites excluding steroid dienone is 1. The Morgan fingerprint density at radius 3 is 2.56 bits per heavy atom. The number of rotatable bonds is 6. The average Bonchev–Trinajstić information content (AvgIpc) is 3.53. The molecule has 2 N–H and O–H groups in total. The molecule has 5 rings (SSSR count). The number of fused-ring (bicyclic) bond motifs is 1. The van der Waals surface area contributed by atoms with E-state index in [2.05, 4.69) is 10.6 Å². The molecule has 0 radical (unpaired) electrons. The quantitative estimate of drug-likeness (QED) is 0.412. The fraction of sp³-hybridized carbons (Fsp3) is 0.160. The fourth-order valence-electron chi connectivity index (χ4n) is 4.01. The third kappa shape index (κ3) is 3.90. The van der Waals surface area contributed by atoms with Crippen molar-refractivity contribution in [3.05, 3.63) is 82.9 Å². The highest BCUT2D eigenvalue weighted by atomic mass is 32.1. The summed E-state index contributed by atoms with van der Waals surface area (Å²) in [5.74, 6) is 2.11. The third-order valence-electron chi connectivity index (χ3n) is 5.59. The summed E-state index contributed by atoms with van der Waals surface area (Å²) in [7, 11) is 3.18. The normalized spacial score (nSPS) is 14.9. The zero-order valence-electron chi connectivity index (χ0n) is 18.9. The van der Waals surface area contributed by atoms with Gasteiger partial charge in [0.2, 0.25) is 5.95 Å². The number of anilines is 2. The number of hydrogen-bond acceptors (Lipinski definition) is 7. The Bertz CT molecular complexity index is 1360. The second-order valence-electron chi connectivity index (χ2n) is 7.68. The third-order valence-corrected chi connectivity index (χ3v) is 6.46. The van der Waals surface area contributed by atoms with Crippen molar-refractivity contribution in [3.63, 3.8) is 0 Å². The molecule has 1 unspecified atom stereocenters. The molecule has 1 aliphatic heterocycles. The van der Waals surface area contributed by atoms with E-state index in [0.29, 0.717) is 40.2 Å². The van der Waals surface area contributed by atoms with Crippen LogP contribution < -0.4 is 20.1 Å². The highest BCUT2D eigenvalue weighted by Crippen LogP contribution is 2.40. The predicted octanol–water partition coefficient (Wildman–Crippen LogP) is 4.95. The van der Waals surface area contributed by atoms with Crippen LogP contribution in [0, 0.1) is 0 Å². The van der Waals surface area contributed by atoms with Crippen molar-refractivity contribution in [1.82, 2.24) is 14.8 Å². The molecule has 3 heterocycles. The minimum atomic E-state index is -0.527. The van der Waals surface area contributed by atoms with Gasteiger partial charge in [-0.2, -0.15) is 4.98 Å². The van der Waals surface area contributed by atoms with E-state index in [-0.39, 0.29) is 5.91 Å². The van der Waals surface area contributed by atoms with Gasteiger partial charge in [0.15, 0.2) is 17.3 Å². The lowest BCUT2D eigenvalue weighted by atomic mass is 9.94. The van der Waals surface area contributed by atoms with Gasteiger partial charge in [-0.15, -0.1) is 16.4 Å². The number of benzene rings is 2. The summed E-state index contributed by atoms with van der Waals surface area (Å²) >= 11 is 1.56. The summed E-state index contributed by atoms with van der Waals surface area (Å²) < 4.78 is 12.7. The van der Waals surface area contributed by atoms with Gasteiger partial charge in [-0.1, -0.05) is 30.3 Å². The summed E-state index contributed by atoms with van der Waals surface area (Å²) in [6.45, 7) is 1.87. The van der Waals surface area contributed by atoms with Crippen molar-refractivity contribution in [3.8, 4) is 22.2 Å². The Hall–Kier alpha value is -4.11. The maximum Gasteiger partial charge on any atom is 0.255 e. The smallest absolute Gasteiger partial charge is 0.255 e. The number of carbonyl (C=O) groups is 1. The summed E-state index contributed by atoms with van der Waals surface area (Å²) in [5.41, 5.74) is 2.76. The molecular weight excluding hydrogens is 450 g/mol. The Morgan fingerprint density at radius 2 is 1.85 bits per heavy atom. The lowest BCUT2D eigenvalue weighted by Crippen LogP contribution is -2.31. The van der Waals surface area contributed by atoms with E-state index in [1.165, 1.54) is 0 Å².